The summed E-state index contributed by atoms with van der Waals surface area (Å²) in [5.74, 6) is -1.94. The highest BCUT2D eigenvalue weighted by atomic mass is 19.2. The lowest BCUT2D eigenvalue weighted by Crippen LogP contribution is -2.28. The molecule has 150 valence electrons. The fraction of sp³-hybridized carbons (Fsp3) is 0.238. The van der Waals surface area contributed by atoms with Gasteiger partial charge in [0, 0.05) is 42.0 Å². The van der Waals surface area contributed by atoms with E-state index in [1.54, 1.807) is 12.1 Å². The second kappa shape index (κ2) is 8.00. The molecule has 1 aliphatic rings. The molecule has 0 bridgehead atoms. The maximum absolute atomic E-state index is 13.4. The van der Waals surface area contributed by atoms with Gasteiger partial charge in [0.15, 0.2) is 11.6 Å². The summed E-state index contributed by atoms with van der Waals surface area (Å²) in [6.07, 6.45) is 0.758. The molecule has 3 N–H and O–H groups in total. The van der Waals surface area contributed by atoms with Crippen molar-refractivity contribution in [2.45, 2.75) is 25.9 Å². The lowest BCUT2D eigenvalue weighted by atomic mass is 9.97. The number of fused-ring (bicyclic) bond motifs is 1. The summed E-state index contributed by atoms with van der Waals surface area (Å²) < 4.78 is 32.3. The number of nitrogens with zero attached hydrogens (tertiary/aromatic N) is 1. The zero-order valence-corrected chi connectivity index (χ0v) is 15.8. The van der Waals surface area contributed by atoms with Gasteiger partial charge in [0.1, 0.15) is 5.75 Å². The first-order valence-corrected chi connectivity index (χ1v) is 9.27. The summed E-state index contributed by atoms with van der Waals surface area (Å²) in [7, 11) is 0. The number of aryl methyl sites for hydroxylation is 1. The third-order valence-electron chi connectivity index (χ3n) is 4.79. The van der Waals surface area contributed by atoms with Gasteiger partial charge >= 0.3 is 0 Å². The molecule has 0 saturated carbocycles. The maximum atomic E-state index is 13.4. The number of rotatable bonds is 5. The van der Waals surface area contributed by atoms with Gasteiger partial charge in [-0.3, -0.25) is 9.89 Å². The first-order valence-electron chi connectivity index (χ1n) is 9.27. The zero-order chi connectivity index (χ0) is 20.4. The van der Waals surface area contributed by atoms with E-state index in [0.29, 0.717) is 24.5 Å². The third kappa shape index (κ3) is 4.12. The molecule has 6 nitrogen and oxygen atoms in total. The molecular weight excluding hydrogens is 378 g/mol. The van der Waals surface area contributed by atoms with E-state index in [2.05, 4.69) is 20.8 Å². The first kappa shape index (κ1) is 19.1. The van der Waals surface area contributed by atoms with Crippen molar-refractivity contribution in [2.24, 2.45) is 0 Å². The maximum Gasteiger partial charge on any atom is 0.259 e. The van der Waals surface area contributed by atoms with Gasteiger partial charge < -0.3 is 15.4 Å². The molecule has 3 aromatic rings. The minimum Gasteiger partial charge on any atom is -0.492 e. The molecule has 0 radical (unpaired) electrons. The molecule has 0 unspecified atom stereocenters. The number of amides is 1. The van der Waals surface area contributed by atoms with Crippen LogP contribution in [0.15, 0.2) is 42.5 Å². The Morgan fingerprint density at radius 2 is 2.10 bits per heavy atom. The number of hydrogen-bond acceptors (Lipinski definition) is 4. The Morgan fingerprint density at radius 1 is 1.24 bits per heavy atom. The lowest BCUT2D eigenvalue weighted by molar-refractivity contribution is 0.102. The standard InChI is InChI=1S/C21H20F2N4O2/c1-12-9-14(27-26-12)11-24-19-7-8-29-20-15(19)3-2-4-16(20)21(28)25-13-5-6-17(22)18(23)10-13/h2-6,9-10,19,24H,7-8,11H2,1H3,(H,25,28)(H,26,27)/t19-/m0/s1. The Bertz CT molecular complexity index is 1050. The van der Waals surface area contributed by atoms with Crippen molar-refractivity contribution in [1.29, 1.82) is 0 Å². The van der Waals surface area contributed by atoms with E-state index in [0.717, 1.165) is 35.5 Å². The minimum atomic E-state index is -1.02. The smallest absolute Gasteiger partial charge is 0.259 e. The van der Waals surface area contributed by atoms with Crippen LogP contribution >= 0.6 is 0 Å². The van der Waals surface area contributed by atoms with Crippen LogP contribution in [0.4, 0.5) is 14.5 Å². The molecular formula is C21H20F2N4O2. The van der Waals surface area contributed by atoms with E-state index in [1.807, 2.05) is 19.1 Å². The Hall–Kier alpha value is -3.26. The van der Waals surface area contributed by atoms with Gasteiger partial charge in [-0.25, -0.2) is 8.78 Å². The molecule has 8 heteroatoms. The number of aromatic amines is 1. The quantitative estimate of drug-likeness (QED) is 0.610. The number of nitrogens with one attached hydrogen (secondary N) is 3. The number of carbonyl (C=O) groups is 1. The van der Waals surface area contributed by atoms with Gasteiger partial charge in [-0.05, 0) is 31.2 Å². The van der Waals surface area contributed by atoms with Crippen molar-refractivity contribution < 1.29 is 18.3 Å². The molecule has 0 fully saturated rings. The number of anilines is 1. The number of benzene rings is 2. The number of carbonyl (C=O) groups excluding carboxylic acids is 1. The van der Waals surface area contributed by atoms with Crippen LogP contribution in [0.1, 0.15) is 39.8 Å². The number of para-hydroxylation sites is 1. The van der Waals surface area contributed by atoms with E-state index < -0.39 is 17.5 Å². The molecule has 2 aromatic carbocycles. The van der Waals surface area contributed by atoms with E-state index in [4.69, 9.17) is 4.74 Å². The lowest BCUT2D eigenvalue weighted by Gasteiger charge is -2.28. The van der Waals surface area contributed by atoms with Gasteiger partial charge in [-0.2, -0.15) is 5.10 Å². The van der Waals surface area contributed by atoms with Crippen LogP contribution in [0.5, 0.6) is 5.75 Å². The summed E-state index contributed by atoms with van der Waals surface area (Å²) in [5.41, 5.74) is 3.29. The molecule has 0 saturated heterocycles. The SMILES string of the molecule is Cc1cc(CN[C@H]2CCOc3c(C(=O)Nc4ccc(F)c(F)c4)cccc32)[nH]n1. The van der Waals surface area contributed by atoms with Crippen molar-refractivity contribution in [2.75, 3.05) is 11.9 Å². The molecule has 1 amide bonds. The van der Waals surface area contributed by atoms with Crippen LogP contribution in [0.2, 0.25) is 0 Å². The van der Waals surface area contributed by atoms with Crippen LogP contribution < -0.4 is 15.4 Å². The van der Waals surface area contributed by atoms with Crippen molar-refractivity contribution in [3.8, 4) is 5.75 Å². The second-order valence-electron chi connectivity index (χ2n) is 6.91. The van der Waals surface area contributed by atoms with Crippen molar-refractivity contribution in [3.05, 3.63) is 76.6 Å². The molecule has 4 rings (SSSR count). The average Bonchev–Trinajstić information content (AvgIpc) is 3.14. The normalized spacial score (nSPS) is 15.5. The largest absolute Gasteiger partial charge is 0.492 e. The molecule has 1 aromatic heterocycles. The fourth-order valence-electron chi connectivity index (χ4n) is 3.39. The van der Waals surface area contributed by atoms with E-state index in [-0.39, 0.29) is 11.7 Å². The predicted molar refractivity (Wildman–Crippen MR) is 104 cm³/mol. The minimum absolute atomic E-state index is 0.0124. The molecule has 0 spiro atoms. The van der Waals surface area contributed by atoms with Crippen LogP contribution in [-0.4, -0.2) is 22.7 Å². The number of hydrogen-bond donors (Lipinski definition) is 3. The molecule has 2 heterocycles. The molecule has 1 atom stereocenters. The van der Waals surface area contributed by atoms with Gasteiger partial charge in [0.05, 0.1) is 17.9 Å². The van der Waals surface area contributed by atoms with Crippen molar-refractivity contribution >= 4 is 11.6 Å². The highest BCUT2D eigenvalue weighted by Gasteiger charge is 2.26. The van der Waals surface area contributed by atoms with Crippen LogP contribution in [-0.2, 0) is 6.54 Å². The predicted octanol–water partition coefficient (Wildman–Crippen LogP) is 3.86. The van der Waals surface area contributed by atoms with Crippen LogP contribution in [0.3, 0.4) is 0 Å². The van der Waals surface area contributed by atoms with Crippen molar-refractivity contribution in [1.82, 2.24) is 15.5 Å². The van der Waals surface area contributed by atoms with Gasteiger partial charge in [0.2, 0.25) is 0 Å². The number of halogens is 2. The summed E-state index contributed by atoms with van der Waals surface area (Å²) in [6.45, 7) is 2.99. The second-order valence-corrected chi connectivity index (χ2v) is 6.91. The average molecular weight is 398 g/mol. The highest BCUT2D eigenvalue weighted by molar-refractivity contribution is 6.06. The van der Waals surface area contributed by atoms with E-state index in [1.165, 1.54) is 6.07 Å². The summed E-state index contributed by atoms with van der Waals surface area (Å²) in [5, 5.41) is 13.1. The summed E-state index contributed by atoms with van der Waals surface area (Å²) in [4.78, 5) is 12.7. The zero-order valence-electron chi connectivity index (χ0n) is 15.8. The van der Waals surface area contributed by atoms with E-state index >= 15 is 0 Å². The van der Waals surface area contributed by atoms with Crippen molar-refractivity contribution in [3.63, 3.8) is 0 Å². The Balaban J connectivity index is 1.53. The third-order valence-corrected chi connectivity index (χ3v) is 4.79. The van der Waals surface area contributed by atoms with Gasteiger partial charge in [-0.15, -0.1) is 0 Å². The molecule has 0 aliphatic carbocycles. The van der Waals surface area contributed by atoms with E-state index in [9.17, 15) is 13.6 Å². The fourth-order valence-corrected chi connectivity index (χ4v) is 3.39. The highest BCUT2D eigenvalue weighted by Crippen LogP contribution is 2.35. The number of H-pyrrole nitrogens is 1. The molecule has 1 aliphatic heterocycles. The Labute approximate surface area is 166 Å². The summed E-state index contributed by atoms with van der Waals surface area (Å²) in [6, 6.07) is 10.6. The van der Waals surface area contributed by atoms with Gasteiger partial charge in [-0.1, -0.05) is 12.1 Å². The monoisotopic (exact) mass is 398 g/mol. The summed E-state index contributed by atoms with van der Waals surface area (Å²) >= 11 is 0. The topological polar surface area (TPSA) is 79.0 Å². The van der Waals surface area contributed by atoms with Crippen LogP contribution in [0, 0.1) is 18.6 Å². The first-order chi connectivity index (χ1) is 14.0. The Kier molecular flexibility index (Phi) is 5.26. The van der Waals surface area contributed by atoms with Crippen LogP contribution in [0.25, 0.3) is 0 Å². The van der Waals surface area contributed by atoms with Gasteiger partial charge in [0.25, 0.3) is 5.91 Å². The number of ether oxygens (including phenoxy) is 1. The molecule has 29 heavy (non-hydrogen) atoms. The number of aromatic nitrogens is 2. The Morgan fingerprint density at radius 3 is 2.86 bits per heavy atom.